The standard InChI is InChI=1S/C20H18N2O4/c1-3-12-26-19-13(6-4-9-16(19)25-2)10-11-17-21-15-8-5-7-14(20(23)24)18(15)22-17/h3-11H,1,12H2,2H3,(H,21,22)(H,23,24). The lowest BCUT2D eigenvalue weighted by atomic mass is 10.1. The van der Waals surface area contributed by atoms with Crippen LogP contribution in [0.25, 0.3) is 23.2 Å². The van der Waals surface area contributed by atoms with Crippen LogP contribution in [-0.2, 0) is 0 Å². The highest BCUT2D eigenvalue weighted by Crippen LogP contribution is 2.32. The zero-order chi connectivity index (χ0) is 18.5. The Kier molecular flexibility index (Phi) is 5.03. The summed E-state index contributed by atoms with van der Waals surface area (Å²) >= 11 is 0. The molecule has 2 N–H and O–H groups in total. The van der Waals surface area contributed by atoms with E-state index in [1.165, 1.54) is 0 Å². The molecule has 0 radical (unpaired) electrons. The quantitative estimate of drug-likeness (QED) is 0.629. The van der Waals surface area contributed by atoms with Crippen molar-refractivity contribution in [1.82, 2.24) is 9.97 Å². The molecule has 1 aromatic heterocycles. The fraction of sp³-hybridized carbons (Fsp3) is 0.100. The minimum atomic E-state index is -0.998. The van der Waals surface area contributed by atoms with Gasteiger partial charge in [-0.2, -0.15) is 0 Å². The predicted molar refractivity (Wildman–Crippen MR) is 101 cm³/mol. The van der Waals surface area contributed by atoms with Gasteiger partial charge in [-0.05, 0) is 30.4 Å². The Labute approximate surface area is 150 Å². The number of para-hydroxylation sites is 2. The van der Waals surface area contributed by atoms with E-state index < -0.39 is 5.97 Å². The fourth-order valence-corrected chi connectivity index (χ4v) is 2.60. The van der Waals surface area contributed by atoms with E-state index in [0.717, 1.165) is 5.56 Å². The molecule has 1 heterocycles. The molecule has 0 saturated carbocycles. The van der Waals surface area contributed by atoms with Crippen LogP contribution in [0.5, 0.6) is 11.5 Å². The fourth-order valence-electron chi connectivity index (χ4n) is 2.60. The summed E-state index contributed by atoms with van der Waals surface area (Å²) in [6.45, 7) is 4.01. The van der Waals surface area contributed by atoms with Crippen LogP contribution in [-0.4, -0.2) is 34.8 Å². The van der Waals surface area contributed by atoms with Gasteiger partial charge < -0.3 is 19.6 Å². The second-order valence-corrected chi connectivity index (χ2v) is 5.44. The first-order valence-electron chi connectivity index (χ1n) is 7.95. The number of carboxylic acids is 1. The number of nitrogens with zero attached hydrogens (tertiary/aromatic N) is 1. The van der Waals surface area contributed by atoms with Gasteiger partial charge in [-0.15, -0.1) is 0 Å². The van der Waals surface area contributed by atoms with Crippen molar-refractivity contribution in [3.05, 3.63) is 66.0 Å². The maximum atomic E-state index is 11.3. The number of imidazole rings is 1. The number of aromatic nitrogens is 2. The number of hydrogen-bond acceptors (Lipinski definition) is 4. The van der Waals surface area contributed by atoms with Gasteiger partial charge in [-0.1, -0.05) is 30.9 Å². The third-order valence-corrected chi connectivity index (χ3v) is 3.76. The molecule has 132 valence electrons. The maximum Gasteiger partial charge on any atom is 0.337 e. The molecule has 3 aromatic rings. The van der Waals surface area contributed by atoms with Gasteiger partial charge in [0.15, 0.2) is 11.5 Å². The Morgan fingerprint density at radius 3 is 2.81 bits per heavy atom. The summed E-state index contributed by atoms with van der Waals surface area (Å²) < 4.78 is 11.0. The van der Waals surface area contributed by atoms with E-state index in [9.17, 15) is 9.90 Å². The second-order valence-electron chi connectivity index (χ2n) is 5.44. The first kappa shape index (κ1) is 17.3. The van der Waals surface area contributed by atoms with E-state index in [0.29, 0.717) is 35.0 Å². The summed E-state index contributed by atoms with van der Waals surface area (Å²) in [5.41, 5.74) is 2.09. The van der Waals surface area contributed by atoms with Gasteiger partial charge in [0.25, 0.3) is 0 Å². The van der Waals surface area contributed by atoms with Gasteiger partial charge in [0.2, 0.25) is 0 Å². The van der Waals surface area contributed by atoms with Crippen LogP contribution in [0.3, 0.4) is 0 Å². The van der Waals surface area contributed by atoms with E-state index in [1.54, 1.807) is 37.5 Å². The van der Waals surface area contributed by atoms with Crippen LogP contribution in [0, 0.1) is 0 Å². The average Bonchev–Trinajstić information content (AvgIpc) is 3.07. The SMILES string of the molecule is C=CCOc1c(C=Cc2nc3cccc(C(=O)O)c3[nH]2)cccc1OC. The minimum Gasteiger partial charge on any atom is -0.493 e. The Morgan fingerprint density at radius 2 is 2.08 bits per heavy atom. The van der Waals surface area contributed by atoms with Crippen molar-refractivity contribution < 1.29 is 19.4 Å². The van der Waals surface area contributed by atoms with Gasteiger partial charge in [0.1, 0.15) is 12.4 Å². The number of H-pyrrole nitrogens is 1. The van der Waals surface area contributed by atoms with Crippen LogP contribution >= 0.6 is 0 Å². The third kappa shape index (κ3) is 3.44. The molecule has 6 nitrogen and oxygen atoms in total. The molecule has 0 saturated heterocycles. The number of aromatic carboxylic acids is 1. The van der Waals surface area contributed by atoms with Crippen molar-refractivity contribution in [3.8, 4) is 11.5 Å². The highest BCUT2D eigenvalue weighted by atomic mass is 16.5. The molecule has 0 unspecified atom stereocenters. The van der Waals surface area contributed by atoms with E-state index in [2.05, 4.69) is 16.5 Å². The van der Waals surface area contributed by atoms with Gasteiger partial charge in [-0.25, -0.2) is 9.78 Å². The van der Waals surface area contributed by atoms with E-state index >= 15 is 0 Å². The molecule has 2 aromatic carbocycles. The maximum absolute atomic E-state index is 11.3. The molecule has 0 spiro atoms. The van der Waals surface area contributed by atoms with Crippen molar-refractivity contribution in [3.63, 3.8) is 0 Å². The summed E-state index contributed by atoms with van der Waals surface area (Å²) in [6, 6.07) is 10.5. The van der Waals surface area contributed by atoms with Crippen molar-refractivity contribution in [2.24, 2.45) is 0 Å². The van der Waals surface area contributed by atoms with Gasteiger partial charge >= 0.3 is 5.97 Å². The Morgan fingerprint density at radius 1 is 1.27 bits per heavy atom. The highest BCUT2D eigenvalue weighted by Gasteiger charge is 2.12. The minimum absolute atomic E-state index is 0.186. The van der Waals surface area contributed by atoms with Crippen LogP contribution < -0.4 is 9.47 Å². The summed E-state index contributed by atoms with van der Waals surface area (Å²) in [5, 5.41) is 9.27. The number of carbonyl (C=O) groups is 1. The second kappa shape index (κ2) is 7.57. The first-order chi connectivity index (χ1) is 12.6. The largest absolute Gasteiger partial charge is 0.493 e. The average molecular weight is 350 g/mol. The number of fused-ring (bicyclic) bond motifs is 1. The number of nitrogens with one attached hydrogen (secondary N) is 1. The number of ether oxygens (including phenoxy) is 2. The van der Waals surface area contributed by atoms with Crippen LogP contribution in [0.1, 0.15) is 21.7 Å². The van der Waals surface area contributed by atoms with Crippen molar-refractivity contribution in [2.75, 3.05) is 13.7 Å². The van der Waals surface area contributed by atoms with Crippen molar-refractivity contribution in [2.45, 2.75) is 0 Å². The Balaban J connectivity index is 1.97. The smallest absolute Gasteiger partial charge is 0.337 e. The number of benzene rings is 2. The predicted octanol–water partition coefficient (Wildman–Crippen LogP) is 4.00. The molecule has 0 bridgehead atoms. The molecular weight excluding hydrogens is 332 g/mol. The summed E-state index contributed by atoms with van der Waals surface area (Å²) in [4.78, 5) is 18.8. The van der Waals surface area contributed by atoms with Gasteiger partial charge in [-0.3, -0.25) is 0 Å². The van der Waals surface area contributed by atoms with Gasteiger partial charge in [0.05, 0.1) is 23.7 Å². The molecule has 0 aliphatic heterocycles. The number of carboxylic acid groups (broad SMARTS) is 1. The lowest BCUT2D eigenvalue weighted by Gasteiger charge is -2.11. The Hall–Kier alpha value is -3.54. The van der Waals surface area contributed by atoms with Crippen LogP contribution in [0.15, 0.2) is 49.1 Å². The molecule has 3 rings (SSSR count). The van der Waals surface area contributed by atoms with Crippen LogP contribution in [0.4, 0.5) is 0 Å². The number of methoxy groups -OCH3 is 1. The molecule has 0 fully saturated rings. The van der Waals surface area contributed by atoms with E-state index in [4.69, 9.17) is 9.47 Å². The molecule has 26 heavy (non-hydrogen) atoms. The topological polar surface area (TPSA) is 84.4 Å². The molecule has 0 atom stereocenters. The molecule has 6 heteroatoms. The molecular formula is C20H18N2O4. The van der Waals surface area contributed by atoms with E-state index in [1.807, 2.05) is 24.3 Å². The third-order valence-electron chi connectivity index (χ3n) is 3.76. The Bertz CT molecular complexity index is 989. The lowest BCUT2D eigenvalue weighted by molar-refractivity contribution is 0.0699. The highest BCUT2D eigenvalue weighted by molar-refractivity contribution is 6.01. The van der Waals surface area contributed by atoms with Crippen molar-refractivity contribution in [1.29, 1.82) is 0 Å². The van der Waals surface area contributed by atoms with Gasteiger partial charge in [0, 0.05) is 5.56 Å². The molecule has 0 aliphatic rings. The zero-order valence-corrected chi connectivity index (χ0v) is 14.2. The van der Waals surface area contributed by atoms with Crippen LogP contribution in [0.2, 0.25) is 0 Å². The summed E-state index contributed by atoms with van der Waals surface area (Å²) in [5.74, 6) is 0.772. The van der Waals surface area contributed by atoms with E-state index in [-0.39, 0.29) is 5.56 Å². The summed E-state index contributed by atoms with van der Waals surface area (Å²) in [6.07, 6.45) is 5.26. The number of rotatable bonds is 7. The normalized spacial score (nSPS) is 11.0. The van der Waals surface area contributed by atoms with Crippen molar-refractivity contribution >= 4 is 29.2 Å². The first-order valence-corrected chi connectivity index (χ1v) is 7.95. The zero-order valence-electron chi connectivity index (χ0n) is 14.2. The number of hydrogen-bond donors (Lipinski definition) is 2. The summed E-state index contributed by atoms with van der Waals surface area (Å²) in [7, 11) is 1.58. The number of aromatic amines is 1. The lowest BCUT2D eigenvalue weighted by Crippen LogP contribution is -1.98. The molecule has 0 aliphatic carbocycles. The monoisotopic (exact) mass is 350 g/mol. The molecule has 0 amide bonds.